The van der Waals surface area contributed by atoms with Crippen LogP contribution in [-0.2, 0) is 11.2 Å². The first-order valence-corrected chi connectivity index (χ1v) is 6.90. The molecule has 5 heteroatoms. The van der Waals surface area contributed by atoms with E-state index in [9.17, 15) is 9.18 Å². The number of anilines is 2. The van der Waals surface area contributed by atoms with E-state index in [4.69, 9.17) is 4.74 Å². The van der Waals surface area contributed by atoms with Crippen molar-refractivity contribution in [3.05, 3.63) is 53.8 Å². The van der Waals surface area contributed by atoms with Gasteiger partial charge in [0.25, 0.3) is 0 Å². The van der Waals surface area contributed by atoms with Crippen LogP contribution >= 0.6 is 0 Å². The minimum Gasteiger partial charge on any atom is -0.494 e. The van der Waals surface area contributed by atoms with E-state index in [0.29, 0.717) is 5.56 Å². The molecule has 22 heavy (non-hydrogen) atoms. The third kappa shape index (κ3) is 3.75. The minimum absolute atomic E-state index is 0.0999. The topological polar surface area (TPSA) is 41.6 Å². The Kier molecular flexibility index (Phi) is 4.99. The molecule has 2 aromatic rings. The highest BCUT2D eigenvalue weighted by atomic mass is 19.1. The Bertz CT molecular complexity index is 671. The van der Waals surface area contributed by atoms with Gasteiger partial charge >= 0.3 is 0 Å². The number of para-hydroxylation sites is 2. The molecule has 116 valence electrons. The molecule has 0 heterocycles. The summed E-state index contributed by atoms with van der Waals surface area (Å²) in [6, 6.07) is 12.0. The molecular weight excluding hydrogens is 283 g/mol. The molecule has 0 aliphatic rings. The summed E-state index contributed by atoms with van der Waals surface area (Å²) in [7, 11) is 5.22. The Morgan fingerprint density at radius 1 is 1.23 bits per heavy atom. The maximum absolute atomic E-state index is 13.6. The average molecular weight is 302 g/mol. The van der Waals surface area contributed by atoms with Crippen LogP contribution in [0.15, 0.2) is 42.5 Å². The van der Waals surface area contributed by atoms with E-state index >= 15 is 0 Å². The van der Waals surface area contributed by atoms with Gasteiger partial charge in [0, 0.05) is 14.1 Å². The van der Waals surface area contributed by atoms with Crippen molar-refractivity contribution in [3.8, 4) is 5.75 Å². The van der Waals surface area contributed by atoms with Crippen LogP contribution in [0.5, 0.6) is 5.75 Å². The highest BCUT2D eigenvalue weighted by Crippen LogP contribution is 2.24. The van der Waals surface area contributed by atoms with Crippen LogP contribution < -0.4 is 15.0 Å². The molecule has 1 amide bonds. The number of nitrogens with one attached hydrogen (secondary N) is 1. The zero-order chi connectivity index (χ0) is 16.1. The molecule has 2 aromatic carbocycles. The Morgan fingerprint density at radius 3 is 2.59 bits per heavy atom. The van der Waals surface area contributed by atoms with Crippen LogP contribution in [0.25, 0.3) is 0 Å². The van der Waals surface area contributed by atoms with Gasteiger partial charge in [0.15, 0.2) is 11.6 Å². The molecule has 0 saturated heterocycles. The van der Waals surface area contributed by atoms with E-state index in [-0.39, 0.29) is 18.1 Å². The van der Waals surface area contributed by atoms with Crippen molar-refractivity contribution in [2.24, 2.45) is 0 Å². The molecule has 4 nitrogen and oxygen atoms in total. The number of methoxy groups -OCH3 is 1. The summed E-state index contributed by atoms with van der Waals surface area (Å²) < 4.78 is 18.5. The van der Waals surface area contributed by atoms with Gasteiger partial charge in [0.05, 0.1) is 24.9 Å². The number of benzene rings is 2. The smallest absolute Gasteiger partial charge is 0.228 e. The third-order valence-corrected chi connectivity index (χ3v) is 3.24. The van der Waals surface area contributed by atoms with Gasteiger partial charge in [-0.05, 0) is 29.8 Å². The van der Waals surface area contributed by atoms with E-state index < -0.39 is 5.82 Å². The van der Waals surface area contributed by atoms with Gasteiger partial charge in [-0.25, -0.2) is 4.39 Å². The number of carbonyl (C=O) groups is 1. The van der Waals surface area contributed by atoms with Crippen molar-refractivity contribution >= 4 is 17.3 Å². The maximum atomic E-state index is 13.6. The van der Waals surface area contributed by atoms with Gasteiger partial charge in [0.2, 0.25) is 5.91 Å². The van der Waals surface area contributed by atoms with Gasteiger partial charge in [-0.1, -0.05) is 18.2 Å². The molecule has 0 unspecified atom stereocenters. The van der Waals surface area contributed by atoms with E-state index in [2.05, 4.69) is 5.32 Å². The van der Waals surface area contributed by atoms with Crippen molar-refractivity contribution in [1.29, 1.82) is 0 Å². The summed E-state index contributed by atoms with van der Waals surface area (Å²) in [5, 5.41) is 2.85. The van der Waals surface area contributed by atoms with Crippen LogP contribution in [-0.4, -0.2) is 27.1 Å². The van der Waals surface area contributed by atoms with Crippen molar-refractivity contribution < 1.29 is 13.9 Å². The summed E-state index contributed by atoms with van der Waals surface area (Å²) in [6.45, 7) is 0. The summed E-state index contributed by atoms with van der Waals surface area (Å²) >= 11 is 0. The van der Waals surface area contributed by atoms with Crippen molar-refractivity contribution in [1.82, 2.24) is 0 Å². The fourth-order valence-corrected chi connectivity index (χ4v) is 2.17. The Labute approximate surface area is 129 Å². The largest absolute Gasteiger partial charge is 0.494 e. The average Bonchev–Trinajstić information content (AvgIpc) is 2.47. The number of halogens is 1. The lowest BCUT2D eigenvalue weighted by Crippen LogP contribution is -2.18. The van der Waals surface area contributed by atoms with Crippen molar-refractivity contribution in [2.75, 3.05) is 31.4 Å². The monoisotopic (exact) mass is 302 g/mol. The normalized spacial score (nSPS) is 10.2. The number of nitrogens with zero attached hydrogens (tertiary/aromatic N) is 1. The third-order valence-electron chi connectivity index (χ3n) is 3.24. The zero-order valence-electron chi connectivity index (χ0n) is 12.9. The highest BCUT2D eigenvalue weighted by Gasteiger charge is 2.10. The molecule has 0 radical (unpaired) electrons. The fraction of sp³-hybridized carbons (Fsp3) is 0.235. The molecule has 0 spiro atoms. The molecule has 0 aliphatic carbocycles. The molecule has 0 aromatic heterocycles. The van der Waals surface area contributed by atoms with Crippen LogP contribution in [0.1, 0.15) is 5.56 Å². The van der Waals surface area contributed by atoms with Crippen molar-refractivity contribution in [2.45, 2.75) is 6.42 Å². The first kappa shape index (κ1) is 15.8. The quantitative estimate of drug-likeness (QED) is 0.923. The predicted octanol–water partition coefficient (Wildman–Crippen LogP) is 3.08. The number of ether oxygens (including phenoxy) is 1. The molecule has 1 N–H and O–H groups in total. The number of hydrogen-bond donors (Lipinski definition) is 1. The van der Waals surface area contributed by atoms with E-state index in [1.54, 1.807) is 6.07 Å². The summed E-state index contributed by atoms with van der Waals surface area (Å²) in [5.74, 6) is -0.498. The summed E-state index contributed by atoms with van der Waals surface area (Å²) in [4.78, 5) is 14.1. The Hall–Kier alpha value is -2.56. The highest BCUT2D eigenvalue weighted by molar-refractivity contribution is 5.95. The van der Waals surface area contributed by atoms with Gasteiger partial charge in [-0.15, -0.1) is 0 Å². The SMILES string of the molecule is COc1ccc(CC(=O)Nc2ccccc2N(C)C)cc1F. The van der Waals surface area contributed by atoms with Crippen LogP contribution in [0, 0.1) is 5.82 Å². The number of rotatable bonds is 5. The molecular formula is C17H19FN2O2. The molecule has 2 rings (SSSR count). The predicted molar refractivity (Wildman–Crippen MR) is 86.1 cm³/mol. The van der Waals surface area contributed by atoms with Crippen LogP contribution in [0.2, 0.25) is 0 Å². The Balaban J connectivity index is 2.09. The maximum Gasteiger partial charge on any atom is 0.228 e. The first-order valence-electron chi connectivity index (χ1n) is 6.90. The lowest BCUT2D eigenvalue weighted by atomic mass is 10.1. The standard InChI is InChI=1S/C17H19FN2O2/c1-20(2)15-7-5-4-6-14(15)19-17(21)11-12-8-9-16(22-3)13(18)10-12/h4-10H,11H2,1-3H3,(H,19,21). The number of hydrogen-bond acceptors (Lipinski definition) is 3. The van der Waals surface area contributed by atoms with Crippen LogP contribution in [0.4, 0.5) is 15.8 Å². The molecule has 0 saturated carbocycles. The molecule has 0 aliphatic heterocycles. The second kappa shape index (κ2) is 6.93. The van der Waals surface area contributed by atoms with E-state index in [1.165, 1.54) is 19.2 Å². The van der Waals surface area contributed by atoms with Crippen molar-refractivity contribution in [3.63, 3.8) is 0 Å². The fourth-order valence-electron chi connectivity index (χ4n) is 2.17. The first-order chi connectivity index (χ1) is 10.5. The summed E-state index contributed by atoms with van der Waals surface area (Å²) in [6.07, 6.45) is 0.0999. The van der Waals surface area contributed by atoms with Crippen LogP contribution in [0.3, 0.4) is 0 Å². The molecule has 0 atom stereocenters. The summed E-state index contributed by atoms with van der Waals surface area (Å²) in [5.41, 5.74) is 2.24. The molecule has 0 bridgehead atoms. The van der Waals surface area contributed by atoms with Gasteiger partial charge in [-0.2, -0.15) is 0 Å². The van der Waals surface area contributed by atoms with Gasteiger partial charge in [-0.3, -0.25) is 4.79 Å². The van der Waals surface area contributed by atoms with E-state index in [1.807, 2.05) is 43.3 Å². The number of amides is 1. The molecule has 0 fully saturated rings. The minimum atomic E-state index is -0.471. The second-order valence-electron chi connectivity index (χ2n) is 5.11. The lowest BCUT2D eigenvalue weighted by molar-refractivity contribution is -0.115. The van der Waals surface area contributed by atoms with Gasteiger partial charge < -0.3 is 15.0 Å². The van der Waals surface area contributed by atoms with Gasteiger partial charge in [0.1, 0.15) is 0 Å². The second-order valence-corrected chi connectivity index (χ2v) is 5.11. The number of carbonyl (C=O) groups excluding carboxylic acids is 1. The lowest BCUT2D eigenvalue weighted by Gasteiger charge is -2.17. The van der Waals surface area contributed by atoms with E-state index in [0.717, 1.165) is 11.4 Å². The Morgan fingerprint density at radius 2 is 1.95 bits per heavy atom. The zero-order valence-corrected chi connectivity index (χ0v) is 12.9.